The van der Waals surface area contributed by atoms with Crippen LogP contribution in [0, 0.1) is 6.92 Å². The molecule has 12 heteroatoms. The summed E-state index contributed by atoms with van der Waals surface area (Å²) in [5.41, 5.74) is 5.40. The number of hydrogen-bond acceptors (Lipinski definition) is 9. The summed E-state index contributed by atoms with van der Waals surface area (Å²) in [6, 6.07) is 21.1. The van der Waals surface area contributed by atoms with Crippen molar-refractivity contribution < 1.29 is 22.9 Å². The molecule has 0 atom stereocenters. The molecule has 0 amide bonds. The number of esters is 1. The summed E-state index contributed by atoms with van der Waals surface area (Å²) in [6.45, 7) is 1.85. The average Bonchev–Trinajstić information content (AvgIpc) is 3.52. The predicted octanol–water partition coefficient (Wildman–Crippen LogP) is 4.80. The van der Waals surface area contributed by atoms with Crippen molar-refractivity contribution in [1.29, 1.82) is 0 Å². The van der Waals surface area contributed by atoms with Gasteiger partial charge in [0.15, 0.2) is 24.0 Å². The van der Waals surface area contributed by atoms with E-state index in [9.17, 15) is 14.4 Å². The first-order valence-electron chi connectivity index (χ1n) is 13.4. The summed E-state index contributed by atoms with van der Waals surface area (Å²) < 4.78 is 22.1. The molecule has 0 unspecified atom stereocenters. The van der Waals surface area contributed by atoms with Crippen LogP contribution >= 0.6 is 0 Å². The largest absolute Gasteiger partial charge is 0.519 e. The number of hydrogen-bond donors (Lipinski definition) is 1. The average molecular weight is 604 g/mol. The van der Waals surface area contributed by atoms with Gasteiger partial charge in [-0.25, -0.2) is 19.4 Å². The van der Waals surface area contributed by atoms with Crippen molar-refractivity contribution >= 4 is 68.4 Å². The van der Waals surface area contributed by atoms with E-state index in [-0.39, 0.29) is 69.5 Å². The SMILES string of the molecule is Cc1oc(=O)oc1COC(=O)c1cccc2nc(C3CC3)n(Cc3ccc(-c4ccccc4-c4noc(=O)[nH]4)cc3)c12.[K]. The molecule has 1 aliphatic rings. The second kappa shape index (κ2) is 12.1. The third kappa shape index (κ3) is 5.88. The van der Waals surface area contributed by atoms with Crippen molar-refractivity contribution in [1.82, 2.24) is 19.7 Å². The Morgan fingerprint density at radius 1 is 1.00 bits per heavy atom. The van der Waals surface area contributed by atoms with Crippen molar-refractivity contribution in [3.63, 3.8) is 0 Å². The number of nitrogens with one attached hydrogen (secondary N) is 1. The van der Waals surface area contributed by atoms with Crippen LogP contribution in [0.2, 0.25) is 0 Å². The summed E-state index contributed by atoms with van der Waals surface area (Å²) in [5.74, 6) is 0.0762. The number of ether oxygens (including phenoxy) is 1. The number of aromatic nitrogens is 4. The number of rotatable bonds is 8. The summed E-state index contributed by atoms with van der Waals surface area (Å²) >= 11 is 0. The van der Waals surface area contributed by atoms with Crippen molar-refractivity contribution in [3.05, 3.63) is 116 Å². The molecule has 43 heavy (non-hydrogen) atoms. The van der Waals surface area contributed by atoms with E-state index >= 15 is 0 Å². The Hall–Kier alpha value is -3.81. The summed E-state index contributed by atoms with van der Waals surface area (Å²) in [6.07, 6.45) is 2.09. The number of aryl methyl sites for hydroxylation is 1. The molecule has 3 aromatic heterocycles. The molecule has 0 saturated heterocycles. The molecule has 1 saturated carbocycles. The molecule has 0 bridgehead atoms. The number of nitrogens with zero attached hydrogens (tertiary/aromatic N) is 3. The van der Waals surface area contributed by atoms with Gasteiger partial charge in [0, 0.05) is 69.4 Å². The molecule has 0 spiro atoms. The molecular formula is C31H24KN4O7. The number of carbonyl (C=O) groups is 1. The van der Waals surface area contributed by atoms with Crippen LogP contribution in [0.15, 0.2) is 89.7 Å². The first kappa shape index (κ1) is 29.3. The molecule has 6 aromatic rings. The molecule has 11 nitrogen and oxygen atoms in total. The van der Waals surface area contributed by atoms with Crippen molar-refractivity contribution in [3.8, 4) is 22.5 Å². The molecule has 7 rings (SSSR count). The van der Waals surface area contributed by atoms with Gasteiger partial charge in [-0.1, -0.05) is 59.8 Å². The predicted molar refractivity (Wildman–Crippen MR) is 156 cm³/mol. The van der Waals surface area contributed by atoms with Gasteiger partial charge in [0.05, 0.1) is 16.6 Å². The number of H-pyrrole nitrogens is 1. The van der Waals surface area contributed by atoms with E-state index in [1.165, 1.54) is 0 Å². The van der Waals surface area contributed by atoms with Crippen LogP contribution in [-0.2, 0) is 17.9 Å². The van der Waals surface area contributed by atoms with Crippen LogP contribution in [-0.4, -0.2) is 77.0 Å². The molecule has 211 valence electrons. The maximum absolute atomic E-state index is 13.3. The van der Waals surface area contributed by atoms with Gasteiger partial charge in [-0.15, -0.1) is 0 Å². The van der Waals surface area contributed by atoms with E-state index in [1.807, 2.05) is 54.6 Å². The first-order valence-corrected chi connectivity index (χ1v) is 13.4. The van der Waals surface area contributed by atoms with Gasteiger partial charge in [-0.05, 0) is 48.6 Å². The maximum Gasteiger partial charge on any atom is 0.519 e. The minimum Gasteiger partial charge on any atom is -0.454 e. The second-order valence-electron chi connectivity index (χ2n) is 10.2. The Bertz CT molecular complexity index is 2060. The first-order chi connectivity index (χ1) is 20.4. The molecule has 0 aliphatic heterocycles. The van der Waals surface area contributed by atoms with Crippen LogP contribution in [0.25, 0.3) is 33.5 Å². The van der Waals surface area contributed by atoms with Gasteiger partial charge in [0.2, 0.25) is 0 Å². The standard InChI is InChI=1S/C31H24N4O7.K/c1-17-25(41-31(38)40-17)16-39-29(36)23-7-4-8-24-26(23)35(28(32-24)20-13-14-20)15-18-9-11-19(12-10-18)21-5-2-3-6-22(21)27-33-30(37)42-34-27;/h2-12,20H,13-16H2,1H3,(H,33,34,37);. The van der Waals surface area contributed by atoms with Gasteiger partial charge in [-0.3, -0.25) is 9.51 Å². The van der Waals surface area contributed by atoms with Crippen LogP contribution in [0.5, 0.6) is 0 Å². The van der Waals surface area contributed by atoms with E-state index in [2.05, 4.69) is 14.7 Å². The van der Waals surface area contributed by atoms with E-state index in [0.717, 1.165) is 40.9 Å². The van der Waals surface area contributed by atoms with E-state index in [1.54, 1.807) is 19.1 Å². The Labute approximate surface area is 286 Å². The van der Waals surface area contributed by atoms with Gasteiger partial charge < -0.3 is 18.1 Å². The Kier molecular flexibility index (Phi) is 8.20. The number of benzene rings is 3. The number of fused-ring (bicyclic) bond motifs is 1. The summed E-state index contributed by atoms with van der Waals surface area (Å²) in [5, 5.41) is 3.84. The minimum atomic E-state index is -0.838. The van der Waals surface area contributed by atoms with Gasteiger partial charge in [0.1, 0.15) is 5.82 Å². The van der Waals surface area contributed by atoms with E-state index in [0.29, 0.717) is 34.9 Å². The van der Waals surface area contributed by atoms with Crippen LogP contribution in [0.3, 0.4) is 0 Å². The third-order valence-corrected chi connectivity index (χ3v) is 7.36. The van der Waals surface area contributed by atoms with Crippen LogP contribution in [0.1, 0.15) is 52.0 Å². The van der Waals surface area contributed by atoms with Crippen molar-refractivity contribution in [2.45, 2.75) is 38.8 Å². The zero-order valence-corrected chi connectivity index (χ0v) is 26.6. The minimum absolute atomic E-state index is 0. The normalized spacial score (nSPS) is 12.8. The number of imidazole rings is 1. The molecule has 1 fully saturated rings. The molecule has 3 heterocycles. The van der Waals surface area contributed by atoms with Crippen molar-refractivity contribution in [2.75, 3.05) is 0 Å². The number of aromatic amines is 1. The zero-order valence-electron chi connectivity index (χ0n) is 23.5. The summed E-state index contributed by atoms with van der Waals surface area (Å²) in [4.78, 5) is 43.7. The van der Waals surface area contributed by atoms with Gasteiger partial charge in [-0.2, -0.15) is 0 Å². The third-order valence-electron chi connectivity index (χ3n) is 7.36. The molecule has 1 aliphatic carbocycles. The smallest absolute Gasteiger partial charge is 0.454 e. The van der Waals surface area contributed by atoms with E-state index < -0.39 is 17.5 Å². The van der Waals surface area contributed by atoms with Gasteiger partial charge >= 0.3 is 17.5 Å². The fourth-order valence-corrected chi connectivity index (χ4v) is 5.16. The quantitative estimate of drug-likeness (QED) is 0.191. The number of carbonyl (C=O) groups excluding carboxylic acids is 1. The Morgan fingerprint density at radius 2 is 1.77 bits per heavy atom. The maximum atomic E-state index is 13.3. The molecule has 1 N–H and O–H groups in total. The fraction of sp³-hybridized carbons (Fsp3) is 0.194. The molecular weight excluding hydrogens is 579 g/mol. The molecule has 1 radical (unpaired) electrons. The fourth-order valence-electron chi connectivity index (χ4n) is 5.16. The van der Waals surface area contributed by atoms with E-state index in [4.69, 9.17) is 23.1 Å². The van der Waals surface area contributed by atoms with Crippen molar-refractivity contribution in [2.24, 2.45) is 0 Å². The van der Waals surface area contributed by atoms with Crippen LogP contribution in [0.4, 0.5) is 0 Å². The molecule has 3 aromatic carbocycles. The Morgan fingerprint density at radius 3 is 2.44 bits per heavy atom. The zero-order chi connectivity index (χ0) is 28.8. The Balaban J connectivity index is 0.00000329. The topological polar surface area (TPSA) is 146 Å². The monoisotopic (exact) mass is 603 g/mol. The second-order valence-corrected chi connectivity index (χ2v) is 10.2. The number of para-hydroxylation sites is 1. The van der Waals surface area contributed by atoms with Gasteiger partial charge in [0.25, 0.3) is 0 Å². The summed E-state index contributed by atoms with van der Waals surface area (Å²) in [7, 11) is 0. The van der Waals surface area contributed by atoms with Crippen LogP contribution < -0.4 is 11.6 Å².